The monoisotopic (exact) mass is 209 g/mol. The Labute approximate surface area is 92.6 Å². The van der Waals surface area contributed by atoms with Crippen molar-refractivity contribution in [2.24, 2.45) is 23.5 Å². The summed E-state index contributed by atoms with van der Waals surface area (Å²) in [6.45, 7) is 1.000. The Hall–Kier alpha value is -0.0800. The van der Waals surface area contributed by atoms with E-state index in [4.69, 9.17) is 10.5 Å². The fourth-order valence-electron chi connectivity index (χ4n) is 3.99. The van der Waals surface area contributed by atoms with Crippen LogP contribution in [0, 0.1) is 17.8 Å². The van der Waals surface area contributed by atoms with Gasteiger partial charge in [0.2, 0.25) is 0 Å². The Morgan fingerprint density at radius 2 is 2.00 bits per heavy atom. The molecule has 2 N–H and O–H groups in total. The normalized spacial score (nSPS) is 49.0. The maximum Gasteiger partial charge on any atom is 0.0726 e. The van der Waals surface area contributed by atoms with E-state index >= 15 is 0 Å². The molecule has 0 radical (unpaired) electrons. The van der Waals surface area contributed by atoms with Gasteiger partial charge in [0.25, 0.3) is 0 Å². The third kappa shape index (κ3) is 1.94. The van der Waals surface area contributed by atoms with Crippen LogP contribution in [0.3, 0.4) is 0 Å². The number of hydrogen-bond donors (Lipinski definition) is 1. The molecule has 86 valence electrons. The lowest BCUT2D eigenvalue weighted by atomic mass is 9.89. The van der Waals surface area contributed by atoms with E-state index in [-0.39, 0.29) is 0 Å². The highest BCUT2D eigenvalue weighted by Gasteiger charge is 2.40. The highest BCUT2D eigenvalue weighted by Crippen LogP contribution is 2.48. The van der Waals surface area contributed by atoms with Crippen LogP contribution in [0.2, 0.25) is 0 Å². The highest BCUT2D eigenvalue weighted by atomic mass is 16.5. The van der Waals surface area contributed by atoms with Crippen LogP contribution in [0.15, 0.2) is 0 Å². The zero-order chi connectivity index (χ0) is 10.3. The lowest BCUT2D eigenvalue weighted by Crippen LogP contribution is -2.33. The summed E-state index contributed by atoms with van der Waals surface area (Å²) in [6.07, 6.45) is 9.90. The number of nitrogens with two attached hydrogens (primary N) is 1. The average molecular weight is 209 g/mol. The topological polar surface area (TPSA) is 35.2 Å². The van der Waals surface area contributed by atoms with Crippen molar-refractivity contribution in [3.05, 3.63) is 0 Å². The summed E-state index contributed by atoms with van der Waals surface area (Å²) < 4.78 is 6.03. The van der Waals surface area contributed by atoms with Gasteiger partial charge in [-0.1, -0.05) is 6.42 Å². The summed E-state index contributed by atoms with van der Waals surface area (Å²) >= 11 is 0. The van der Waals surface area contributed by atoms with Crippen LogP contribution in [0.25, 0.3) is 0 Å². The number of fused-ring (bicyclic) bond motifs is 2. The SMILES string of the molecule is NC1CCCC1OCC1CC2CCC1C2. The molecule has 0 spiro atoms. The van der Waals surface area contributed by atoms with Crippen molar-refractivity contribution in [3.8, 4) is 0 Å². The van der Waals surface area contributed by atoms with E-state index in [1.165, 1.54) is 44.9 Å². The summed E-state index contributed by atoms with van der Waals surface area (Å²) in [4.78, 5) is 0. The summed E-state index contributed by atoms with van der Waals surface area (Å²) in [6, 6.07) is 0.323. The average Bonchev–Trinajstić information content (AvgIpc) is 2.90. The minimum absolute atomic E-state index is 0.323. The molecular weight excluding hydrogens is 186 g/mol. The van der Waals surface area contributed by atoms with Crippen LogP contribution in [-0.4, -0.2) is 18.8 Å². The molecule has 3 fully saturated rings. The van der Waals surface area contributed by atoms with Gasteiger partial charge in [-0.2, -0.15) is 0 Å². The van der Waals surface area contributed by atoms with Crippen LogP contribution in [0.4, 0.5) is 0 Å². The Morgan fingerprint density at radius 3 is 2.60 bits per heavy atom. The molecule has 3 saturated carbocycles. The van der Waals surface area contributed by atoms with Gasteiger partial charge in [0, 0.05) is 6.04 Å². The zero-order valence-electron chi connectivity index (χ0n) is 9.53. The van der Waals surface area contributed by atoms with Crippen LogP contribution in [-0.2, 0) is 4.74 Å². The maximum absolute atomic E-state index is 6.03. The van der Waals surface area contributed by atoms with Crippen molar-refractivity contribution in [1.29, 1.82) is 0 Å². The van der Waals surface area contributed by atoms with E-state index in [0.717, 1.165) is 24.4 Å². The van der Waals surface area contributed by atoms with Crippen molar-refractivity contribution >= 4 is 0 Å². The van der Waals surface area contributed by atoms with Gasteiger partial charge in [-0.3, -0.25) is 0 Å². The molecule has 0 aromatic carbocycles. The van der Waals surface area contributed by atoms with Crippen molar-refractivity contribution in [2.75, 3.05) is 6.61 Å². The van der Waals surface area contributed by atoms with Crippen LogP contribution >= 0.6 is 0 Å². The van der Waals surface area contributed by atoms with E-state index in [9.17, 15) is 0 Å². The third-order valence-electron chi connectivity index (χ3n) is 4.91. The molecule has 15 heavy (non-hydrogen) atoms. The molecule has 0 aliphatic heterocycles. The predicted octanol–water partition coefficient (Wildman–Crippen LogP) is 2.32. The molecule has 0 heterocycles. The third-order valence-corrected chi connectivity index (χ3v) is 4.91. The quantitative estimate of drug-likeness (QED) is 0.774. The lowest BCUT2D eigenvalue weighted by molar-refractivity contribution is 0.0126. The van der Waals surface area contributed by atoms with Gasteiger partial charge in [0.15, 0.2) is 0 Å². The van der Waals surface area contributed by atoms with Gasteiger partial charge in [-0.05, 0) is 56.3 Å². The fourth-order valence-corrected chi connectivity index (χ4v) is 3.99. The first kappa shape index (κ1) is 10.1. The van der Waals surface area contributed by atoms with Gasteiger partial charge in [0.05, 0.1) is 12.7 Å². The van der Waals surface area contributed by atoms with Crippen LogP contribution < -0.4 is 5.73 Å². The Kier molecular flexibility index (Phi) is 2.73. The van der Waals surface area contributed by atoms with Gasteiger partial charge in [0.1, 0.15) is 0 Å². The van der Waals surface area contributed by atoms with E-state index < -0.39 is 0 Å². The number of ether oxygens (including phenoxy) is 1. The predicted molar refractivity (Wildman–Crippen MR) is 60.5 cm³/mol. The van der Waals surface area contributed by atoms with Crippen molar-refractivity contribution in [2.45, 2.75) is 57.1 Å². The van der Waals surface area contributed by atoms with E-state index in [1.54, 1.807) is 0 Å². The molecule has 0 saturated heterocycles. The van der Waals surface area contributed by atoms with Gasteiger partial charge in [-0.15, -0.1) is 0 Å². The molecule has 3 aliphatic carbocycles. The molecule has 3 rings (SSSR count). The second-order valence-corrected chi connectivity index (χ2v) is 5.90. The first-order valence-electron chi connectivity index (χ1n) is 6.70. The summed E-state index contributed by atoms with van der Waals surface area (Å²) in [5, 5.41) is 0. The Morgan fingerprint density at radius 1 is 1.07 bits per heavy atom. The molecule has 2 heteroatoms. The second-order valence-electron chi connectivity index (χ2n) is 5.90. The molecule has 5 atom stereocenters. The van der Waals surface area contributed by atoms with Crippen molar-refractivity contribution < 1.29 is 4.74 Å². The summed E-state index contributed by atoms with van der Waals surface area (Å²) in [5.41, 5.74) is 6.01. The molecule has 0 amide bonds. The second kappa shape index (κ2) is 4.06. The van der Waals surface area contributed by atoms with Gasteiger partial charge < -0.3 is 10.5 Å². The van der Waals surface area contributed by atoms with Gasteiger partial charge in [-0.25, -0.2) is 0 Å². The summed E-state index contributed by atoms with van der Waals surface area (Å²) in [7, 11) is 0. The first-order chi connectivity index (χ1) is 7.33. The molecule has 0 aromatic heterocycles. The molecule has 3 aliphatic rings. The molecule has 2 nitrogen and oxygen atoms in total. The molecule has 5 unspecified atom stereocenters. The standard InChI is InChI=1S/C13H23NO/c14-12-2-1-3-13(12)15-8-11-7-9-4-5-10(11)6-9/h9-13H,1-8,14H2. The van der Waals surface area contributed by atoms with Crippen molar-refractivity contribution in [3.63, 3.8) is 0 Å². The molecule has 0 aromatic rings. The smallest absolute Gasteiger partial charge is 0.0726 e. The minimum atomic E-state index is 0.323. The van der Waals surface area contributed by atoms with Crippen molar-refractivity contribution in [1.82, 2.24) is 0 Å². The van der Waals surface area contributed by atoms with E-state index in [1.807, 2.05) is 0 Å². The fraction of sp³-hybridized carbons (Fsp3) is 1.00. The number of rotatable bonds is 3. The van der Waals surface area contributed by atoms with Gasteiger partial charge >= 0.3 is 0 Å². The Bertz CT molecular complexity index is 231. The largest absolute Gasteiger partial charge is 0.376 e. The van der Waals surface area contributed by atoms with E-state index in [2.05, 4.69) is 0 Å². The van der Waals surface area contributed by atoms with E-state index in [0.29, 0.717) is 12.1 Å². The highest BCUT2D eigenvalue weighted by molar-refractivity contribution is 4.90. The van der Waals surface area contributed by atoms with Crippen LogP contribution in [0.1, 0.15) is 44.9 Å². The lowest BCUT2D eigenvalue weighted by Gasteiger charge is -2.24. The molecular formula is C13H23NO. The summed E-state index contributed by atoms with van der Waals surface area (Å²) in [5.74, 6) is 2.91. The molecule has 2 bridgehead atoms. The zero-order valence-corrected chi connectivity index (χ0v) is 9.53. The number of hydrogen-bond acceptors (Lipinski definition) is 2. The van der Waals surface area contributed by atoms with Crippen LogP contribution in [0.5, 0.6) is 0 Å². The maximum atomic E-state index is 6.03. The first-order valence-corrected chi connectivity index (χ1v) is 6.70. The minimum Gasteiger partial charge on any atom is -0.376 e. The Balaban J connectivity index is 1.46.